The van der Waals surface area contributed by atoms with E-state index in [1.165, 1.54) is 65.9 Å². The van der Waals surface area contributed by atoms with Crippen molar-refractivity contribution in [1.82, 2.24) is 18.7 Å². The molecule has 3 aromatic heterocycles. The van der Waals surface area contributed by atoms with Gasteiger partial charge < -0.3 is 9.13 Å². The first-order chi connectivity index (χ1) is 26.3. The number of nitrogens with zero attached hydrogens (tertiary/aromatic N) is 4. The minimum Gasteiger partial charge on any atom is -0.309 e. The van der Waals surface area contributed by atoms with Crippen LogP contribution in [-0.2, 0) is 0 Å². The van der Waals surface area contributed by atoms with Gasteiger partial charge in [-0.15, -0.1) is 0 Å². The van der Waals surface area contributed by atoms with Gasteiger partial charge in [0.2, 0.25) is 0 Å². The Morgan fingerprint density at radius 3 is 1.42 bits per heavy atom. The number of aromatic nitrogens is 4. The summed E-state index contributed by atoms with van der Waals surface area (Å²) in [5.74, 6) is 0.952. The fraction of sp³-hybridized carbons (Fsp3) is 0. The first kappa shape index (κ1) is 28.5. The van der Waals surface area contributed by atoms with Crippen molar-refractivity contribution in [3.8, 4) is 50.7 Å². The maximum absolute atomic E-state index is 5.36. The molecule has 0 saturated carbocycles. The molecule has 1 aliphatic heterocycles. The highest BCUT2D eigenvalue weighted by atomic mass is 15.1. The molecule has 4 nitrogen and oxygen atoms in total. The summed E-state index contributed by atoms with van der Waals surface area (Å²) in [6.07, 6.45) is 0. The molecule has 0 unspecified atom stereocenters. The Morgan fingerprint density at radius 1 is 0.302 bits per heavy atom. The van der Waals surface area contributed by atoms with Crippen LogP contribution in [0.4, 0.5) is 0 Å². The van der Waals surface area contributed by atoms with Crippen molar-refractivity contribution in [2.75, 3.05) is 0 Å². The molecule has 53 heavy (non-hydrogen) atoms. The quantitative estimate of drug-likeness (QED) is 0.179. The van der Waals surface area contributed by atoms with Crippen LogP contribution in [-0.4, -0.2) is 18.7 Å². The second-order valence-electron chi connectivity index (χ2n) is 14.0. The van der Waals surface area contributed by atoms with Crippen molar-refractivity contribution in [1.29, 1.82) is 0 Å². The smallest absolute Gasteiger partial charge is 0.146 e. The molecule has 8 aromatic carbocycles. The Labute approximate surface area is 305 Å². The van der Waals surface area contributed by atoms with E-state index in [4.69, 9.17) is 4.98 Å². The van der Waals surface area contributed by atoms with E-state index in [-0.39, 0.29) is 0 Å². The van der Waals surface area contributed by atoms with E-state index in [1.54, 1.807) is 0 Å². The van der Waals surface area contributed by atoms with E-state index in [0.29, 0.717) is 0 Å². The van der Waals surface area contributed by atoms with Gasteiger partial charge in [0.1, 0.15) is 5.82 Å². The van der Waals surface area contributed by atoms with Gasteiger partial charge in [0.15, 0.2) is 0 Å². The number of fused-ring (bicyclic) bond motifs is 16. The summed E-state index contributed by atoms with van der Waals surface area (Å²) < 4.78 is 7.19. The second kappa shape index (κ2) is 10.7. The molecule has 0 atom stereocenters. The fourth-order valence-corrected chi connectivity index (χ4v) is 8.97. The Hall–Kier alpha value is -7.17. The van der Waals surface area contributed by atoms with E-state index in [1.807, 2.05) is 0 Å². The van der Waals surface area contributed by atoms with E-state index in [0.717, 1.165) is 39.5 Å². The first-order valence-electron chi connectivity index (χ1n) is 18.1. The molecular weight excluding hydrogens is 645 g/mol. The summed E-state index contributed by atoms with van der Waals surface area (Å²) in [7, 11) is 0. The zero-order valence-corrected chi connectivity index (χ0v) is 28.6. The number of hydrogen-bond acceptors (Lipinski definition) is 1. The first-order valence-corrected chi connectivity index (χ1v) is 18.1. The third-order valence-electron chi connectivity index (χ3n) is 11.2. The van der Waals surface area contributed by atoms with E-state index in [2.05, 4.69) is 196 Å². The summed E-state index contributed by atoms with van der Waals surface area (Å²) in [5.41, 5.74) is 16.1. The largest absolute Gasteiger partial charge is 0.309 e. The van der Waals surface area contributed by atoms with Crippen molar-refractivity contribution in [3.05, 3.63) is 182 Å². The monoisotopic (exact) mass is 674 g/mol. The van der Waals surface area contributed by atoms with Gasteiger partial charge in [-0.05, 0) is 77.4 Å². The molecule has 0 bridgehead atoms. The molecule has 0 spiro atoms. The summed E-state index contributed by atoms with van der Waals surface area (Å²) >= 11 is 0. The number of para-hydroxylation sites is 4. The molecule has 11 aromatic rings. The highest BCUT2D eigenvalue weighted by Crippen LogP contribution is 2.45. The SMILES string of the molecule is c1ccc2c(c1)-c1ccccc1-c1nc3ccc(-n4c5ccccc5c5cc(-n6c7ccccc7c7ccccc76)ccc54)cc3n1-c1ccccc1-2. The van der Waals surface area contributed by atoms with E-state index < -0.39 is 0 Å². The fourth-order valence-electron chi connectivity index (χ4n) is 8.97. The second-order valence-corrected chi connectivity index (χ2v) is 14.0. The van der Waals surface area contributed by atoms with Crippen LogP contribution < -0.4 is 0 Å². The lowest BCUT2D eigenvalue weighted by Crippen LogP contribution is -2.04. The molecule has 0 radical (unpaired) electrons. The van der Waals surface area contributed by atoms with Gasteiger partial charge in [0, 0.05) is 44.0 Å². The number of hydrogen-bond donors (Lipinski definition) is 0. The third kappa shape index (κ3) is 3.92. The average molecular weight is 675 g/mol. The standard InChI is InChI=1S/C49H30N4/c1-2-14-34-33(13-1)35-15-3-4-20-40(35)49-50-42-27-25-32(30-48(42)53(49)46-24-12-5-16-36(34)46)52-45-23-11-8-19-39(45)41-29-31(26-28-47(41)52)51-43-21-9-6-17-37(43)38-18-7-10-22-44(38)51/h1-30H. The van der Waals surface area contributed by atoms with Crippen LogP contribution in [0.5, 0.6) is 0 Å². The third-order valence-corrected chi connectivity index (χ3v) is 11.2. The van der Waals surface area contributed by atoms with Crippen molar-refractivity contribution in [2.45, 2.75) is 0 Å². The van der Waals surface area contributed by atoms with E-state index in [9.17, 15) is 0 Å². The highest BCUT2D eigenvalue weighted by Gasteiger charge is 2.25. The average Bonchev–Trinajstić information content (AvgIpc) is 3.87. The molecule has 12 rings (SSSR count). The predicted octanol–water partition coefficient (Wildman–Crippen LogP) is 12.5. The van der Waals surface area contributed by atoms with Crippen LogP contribution >= 0.6 is 0 Å². The zero-order valence-electron chi connectivity index (χ0n) is 28.6. The molecule has 4 heterocycles. The van der Waals surface area contributed by atoms with Gasteiger partial charge >= 0.3 is 0 Å². The van der Waals surface area contributed by atoms with Crippen LogP contribution in [0.1, 0.15) is 0 Å². The zero-order chi connectivity index (χ0) is 34.6. The van der Waals surface area contributed by atoms with Gasteiger partial charge in [-0.3, -0.25) is 4.57 Å². The van der Waals surface area contributed by atoms with Gasteiger partial charge in [-0.1, -0.05) is 121 Å². The van der Waals surface area contributed by atoms with Crippen LogP contribution in [0, 0.1) is 0 Å². The topological polar surface area (TPSA) is 27.7 Å². The number of benzene rings is 8. The van der Waals surface area contributed by atoms with Crippen LogP contribution in [0.3, 0.4) is 0 Å². The molecular formula is C49H30N4. The molecule has 246 valence electrons. The number of imidazole rings is 1. The van der Waals surface area contributed by atoms with Gasteiger partial charge in [-0.2, -0.15) is 0 Å². The van der Waals surface area contributed by atoms with Crippen molar-refractivity contribution < 1.29 is 0 Å². The minimum absolute atomic E-state index is 0.952. The van der Waals surface area contributed by atoms with Crippen LogP contribution in [0.2, 0.25) is 0 Å². The van der Waals surface area contributed by atoms with Crippen molar-refractivity contribution >= 4 is 54.6 Å². The van der Waals surface area contributed by atoms with Crippen LogP contribution in [0.25, 0.3) is 105 Å². The predicted molar refractivity (Wildman–Crippen MR) is 220 cm³/mol. The maximum Gasteiger partial charge on any atom is 0.146 e. The Balaban J connectivity index is 1.12. The minimum atomic E-state index is 0.952. The normalized spacial score (nSPS) is 12.2. The summed E-state index contributed by atoms with van der Waals surface area (Å²) in [5, 5.41) is 4.98. The van der Waals surface area contributed by atoms with Crippen LogP contribution in [0.15, 0.2) is 182 Å². The lowest BCUT2D eigenvalue weighted by molar-refractivity contribution is 1.10. The number of rotatable bonds is 2. The molecule has 0 saturated heterocycles. The van der Waals surface area contributed by atoms with Gasteiger partial charge in [0.05, 0.1) is 38.8 Å². The summed E-state index contributed by atoms with van der Waals surface area (Å²) in [6, 6.07) is 66.0. The molecule has 4 heteroatoms. The highest BCUT2D eigenvalue weighted by molar-refractivity contribution is 6.12. The Bertz CT molecular complexity index is 3250. The molecule has 0 aliphatic carbocycles. The van der Waals surface area contributed by atoms with Crippen molar-refractivity contribution in [2.24, 2.45) is 0 Å². The summed E-state index contributed by atoms with van der Waals surface area (Å²) in [6.45, 7) is 0. The lowest BCUT2D eigenvalue weighted by atomic mass is 9.89. The molecule has 1 aliphatic rings. The van der Waals surface area contributed by atoms with Gasteiger partial charge in [-0.25, -0.2) is 4.98 Å². The van der Waals surface area contributed by atoms with E-state index >= 15 is 0 Å². The molecule has 0 amide bonds. The summed E-state index contributed by atoms with van der Waals surface area (Å²) in [4.78, 5) is 5.36. The lowest BCUT2D eigenvalue weighted by Gasteiger charge is -2.22. The molecule has 0 N–H and O–H groups in total. The molecule has 0 fully saturated rings. The van der Waals surface area contributed by atoms with Crippen molar-refractivity contribution in [3.63, 3.8) is 0 Å². The Morgan fingerprint density at radius 2 is 0.755 bits per heavy atom. The Kier molecular flexibility index (Phi) is 5.74. The maximum atomic E-state index is 5.36. The van der Waals surface area contributed by atoms with Gasteiger partial charge in [0.25, 0.3) is 0 Å².